The van der Waals surface area contributed by atoms with Gasteiger partial charge in [0, 0.05) is 6.04 Å². The van der Waals surface area contributed by atoms with Gasteiger partial charge in [0.1, 0.15) is 0 Å². The largest absolute Gasteiger partial charge is 0.503 e. The van der Waals surface area contributed by atoms with Crippen LogP contribution in [-0.2, 0) is 0 Å². The summed E-state index contributed by atoms with van der Waals surface area (Å²) in [5.74, 6) is -3.36. The highest BCUT2D eigenvalue weighted by Crippen LogP contribution is 2.37. The van der Waals surface area contributed by atoms with Crippen LogP contribution in [0.4, 0.5) is 4.39 Å². The highest BCUT2D eigenvalue weighted by molar-refractivity contribution is 6.35. The van der Waals surface area contributed by atoms with Crippen molar-refractivity contribution < 1.29 is 19.4 Å². The van der Waals surface area contributed by atoms with E-state index >= 15 is 0 Å². The smallest absolute Gasteiger partial charge is 0.253 e. The SMILES string of the molecule is O=C(NC1CCCCC1)c1cc(F)c(O)c(O)c1Cl. The molecule has 3 N–H and O–H groups in total. The second-order valence-corrected chi connectivity index (χ2v) is 5.10. The molecule has 1 aromatic carbocycles. The molecule has 1 amide bonds. The van der Waals surface area contributed by atoms with E-state index in [0.29, 0.717) is 0 Å². The van der Waals surface area contributed by atoms with Crippen LogP contribution in [0.5, 0.6) is 11.5 Å². The summed E-state index contributed by atoms with van der Waals surface area (Å²) in [5.41, 5.74) is -0.167. The van der Waals surface area contributed by atoms with Gasteiger partial charge in [0.05, 0.1) is 10.6 Å². The van der Waals surface area contributed by atoms with Gasteiger partial charge in [-0.15, -0.1) is 0 Å². The number of carbonyl (C=O) groups excluding carboxylic acids is 1. The van der Waals surface area contributed by atoms with E-state index in [0.717, 1.165) is 38.2 Å². The molecule has 0 atom stereocenters. The molecule has 104 valence electrons. The minimum atomic E-state index is -1.07. The molecule has 1 aliphatic rings. The predicted molar refractivity (Wildman–Crippen MR) is 69.1 cm³/mol. The summed E-state index contributed by atoms with van der Waals surface area (Å²) < 4.78 is 13.3. The zero-order chi connectivity index (χ0) is 14.0. The molecule has 1 saturated carbocycles. The average Bonchev–Trinajstić information content (AvgIpc) is 2.41. The Kier molecular flexibility index (Phi) is 4.14. The minimum absolute atomic E-state index is 0.0522. The van der Waals surface area contributed by atoms with Crippen LogP contribution < -0.4 is 5.32 Å². The van der Waals surface area contributed by atoms with Gasteiger partial charge in [-0.2, -0.15) is 0 Å². The van der Waals surface area contributed by atoms with Crippen molar-refractivity contribution in [2.24, 2.45) is 0 Å². The fraction of sp³-hybridized carbons (Fsp3) is 0.462. The lowest BCUT2D eigenvalue weighted by Crippen LogP contribution is -2.36. The van der Waals surface area contributed by atoms with Crippen LogP contribution in [0.25, 0.3) is 0 Å². The van der Waals surface area contributed by atoms with E-state index in [9.17, 15) is 19.4 Å². The summed E-state index contributed by atoms with van der Waals surface area (Å²) >= 11 is 5.75. The first kappa shape index (κ1) is 13.9. The average molecular weight is 288 g/mol. The second kappa shape index (κ2) is 5.65. The first-order valence-corrected chi connectivity index (χ1v) is 6.59. The van der Waals surface area contributed by atoms with Gasteiger partial charge in [-0.1, -0.05) is 30.9 Å². The summed E-state index contributed by atoms with van der Waals surface area (Å²) in [7, 11) is 0. The van der Waals surface area contributed by atoms with Gasteiger partial charge < -0.3 is 15.5 Å². The zero-order valence-corrected chi connectivity index (χ0v) is 11.0. The Morgan fingerprint density at radius 1 is 1.26 bits per heavy atom. The molecule has 0 aliphatic heterocycles. The van der Waals surface area contributed by atoms with E-state index in [-0.39, 0.29) is 16.6 Å². The van der Waals surface area contributed by atoms with E-state index in [4.69, 9.17) is 11.6 Å². The lowest BCUT2D eigenvalue weighted by Gasteiger charge is -2.23. The number of rotatable bonds is 2. The third-order valence-electron chi connectivity index (χ3n) is 3.35. The molecular weight excluding hydrogens is 273 g/mol. The maximum Gasteiger partial charge on any atom is 0.253 e. The molecule has 1 aromatic rings. The quantitative estimate of drug-likeness (QED) is 0.733. The fourth-order valence-electron chi connectivity index (χ4n) is 2.28. The van der Waals surface area contributed by atoms with Crippen LogP contribution in [0.1, 0.15) is 42.5 Å². The maximum atomic E-state index is 13.3. The number of phenols is 2. The van der Waals surface area contributed by atoms with E-state index in [2.05, 4.69) is 5.32 Å². The molecule has 1 aliphatic carbocycles. The molecule has 0 saturated heterocycles. The Morgan fingerprint density at radius 2 is 1.89 bits per heavy atom. The van der Waals surface area contributed by atoms with E-state index < -0.39 is 23.2 Å². The number of benzene rings is 1. The van der Waals surface area contributed by atoms with Crippen LogP contribution >= 0.6 is 11.6 Å². The minimum Gasteiger partial charge on any atom is -0.503 e. The first-order valence-electron chi connectivity index (χ1n) is 6.21. The van der Waals surface area contributed by atoms with Gasteiger partial charge in [0.15, 0.2) is 17.3 Å². The molecule has 0 heterocycles. The lowest BCUT2D eigenvalue weighted by molar-refractivity contribution is 0.0927. The predicted octanol–water partition coefficient (Wildman–Crippen LogP) is 2.95. The van der Waals surface area contributed by atoms with Crippen molar-refractivity contribution in [3.05, 3.63) is 22.5 Å². The Bertz CT molecular complexity index is 501. The number of carbonyl (C=O) groups is 1. The van der Waals surface area contributed by atoms with Gasteiger partial charge >= 0.3 is 0 Å². The summed E-state index contributed by atoms with van der Waals surface area (Å²) in [6, 6.07) is 0.881. The van der Waals surface area contributed by atoms with Gasteiger partial charge in [-0.05, 0) is 18.9 Å². The summed E-state index contributed by atoms with van der Waals surface area (Å²) in [5, 5.41) is 21.0. The third-order valence-corrected chi connectivity index (χ3v) is 3.73. The molecule has 0 radical (unpaired) electrons. The molecule has 19 heavy (non-hydrogen) atoms. The number of aromatic hydroxyl groups is 2. The maximum absolute atomic E-state index is 13.3. The lowest BCUT2D eigenvalue weighted by atomic mass is 9.95. The zero-order valence-electron chi connectivity index (χ0n) is 10.2. The van der Waals surface area contributed by atoms with Gasteiger partial charge in [0.25, 0.3) is 5.91 Å². The Morgan fingerprint density at radius 3 is 2.53 bits per heavy atom. The molecule has 2 rings (SSSR count). The number of amides is 1. The Hall–Kier alpha value is -1.49. The summed E-state index contributed by atoms with van der Waals surface area (Å²) in [6.07, 6.45) is 5.02. The Balaban J connectivity index is 2.19. The normalized spacial score (nSPS) is 16.3. The van der Waals surface area contributed by atoms with Crippen molar-refractivity contribution in [1.82, 2.24) is 5.32 Å². The number of halogens is 2. The van der Waals surface area contributed by atoms with Crippen LogP contribution in [0, 0.1) is 5.82 Å². The standard InChI is InChI=1S/C13H15ClFNO3/c14-10-8(6-9(15)11(17)12(10)18)13(19)16-7-4-2-1-3-5-7/h6-7,17-18H,1-5H2,(H,16,19). The van der Waals surface area contributed by atoms with Crippen LogP contribution in [0.2, 0.25) is 5.02 Å². The van der Waals surface area contributed by atoms with Gasteiger partial charge in [-0.3, -0.25) is 4.79 Å². The molecule has 4 nitrogen and oxygen atoms in total. The molecule has 0 aromatic heterocycles. The van der Waals surface area contributed by atoms with E-state index in [1.54, 1.807) is 0 Å². The van der Waals surface area contributed by atoms with Gasteiger partial charge in [0.2, 0.25) is 0 Å². The van der Waals surface area contributed by atoms with Crippen LogP contribution in [0.3, 0.4) is 0 Å². The molecular formula is C13H15ClFNO3. The number of hydrogen-bond acceptors (Lipinski definition) is 3. The van der Waals surface area contributed by atoms with Crippen LogP contribution in [0.15, 0.2) is 6.07 Å². The Labute approximate surface area is 115 Å². The topological polar surface area (TPSA) is 69.6 Å². The monoisotopic (exact) mass is 287 g/mol. The summed E-state index contributed by atoms with van der Waals surface area (Å²) in [4.78, 5) is 12.0. The van der Waals surface area contributed by atoms with Crippen molar-refractivity contribution in [1.29, 1.82) is 0 Å². The molecule has 0 bridgehead atoms. The highest BCUT2D eigenvalue weighted by atomic mass is 35.5. The number of hydrogen-bond donors (Lipinski definition) is 3. The van der Waals surface area contributed by atoms with Crippen molar-refractivity contribution in [2.75, 3.05) is 0 Å². The van der Waals surface area contributed by atoms with E-state index in [1.165, 1.54) is 0 Å². The number of phenolic OH excluding ortho intramolecular Hbond substituents is 2. The highest BCUT2D eigenvalue weighted by Gasteiger charge is 2.23. The second-order valence-electron chi connectivity index (χ2n) is 4.73. The molecule has 0 unspecified atom stereocenters. The fourth-order valence-corrected chi connectivity index (χ4v) is 2.51. The van der Waals surface area contributed by atoms with Crippen molar-refractivity contribution in [3.8, 4) is 11.5 Å². The third kappa shape index (κ3) is 2.92. The van der Waals surface area contributed by atoms with Crippen LogP contribution in [-0.4, -0.2) is 22.2 Å². The van der Waals surface area contributed by atoms with Crippen molar-refractivity contribution in [2.45, 2.75) is 38.1 Å². The molecule has 6 heteroatoms. The van der Waals surface area contributed by atoms with E-state index in [1.807, 2.05) is 0 Å². The number of nitrogens with one attached hydrogen (secondary N) is 1. The first-order chi connectivity index (χ1) is 9.00. The molecule has 0 spiro atoms. The summed E-state index contributed by atoms with van der Waals surface area (Å²) in [6.45, 7) is 0. The van der Waals surface area contributed by atoms with Gasteiger partial charge in [-0.25, -0.2) is 4.39 Å². The van der Waals surface area contributed by atoms with Crippen molar-refractivity contribution in [3.63, 3.8) is 0 Å². The molecule has 1 fully saturated rings. The van der Waals surface area contributed by atoms with Crippen molar-refractivity contribution >= 4 is 17.5 Å².